The summed E-state index contributed by atoms with van der Waals surface area (Å²) in [5.74, 6) is 0. The van der Waals surface area contributed by atoms with Crippen LogP contribution in [-0.4, -0.2) is 39.7 Å². The molecule has 1 N–H and O–H groups in total. The van der Waals surface area contributed by atoms with Crippen molar-refractivity contribution < 1.29 is 4.21 Å². The monoisotopic (exact) mass is 289 g/mol. The SMILES string of the molecule is O=S(c1cccc2cnccc12)N1CCCNCCC1. The maximum atomic E-state index is 12.9. The van der Waals surface area contributed by atoms with Gasteiger partial charge in [-0.05, 0) is 38.1 Å². The molecule has 3 rings (SSSR count). The number of nitrogens with zero attached hydrogens (tertiary/aromatic N) is 2. The van der Waals surface area contributed by atoms with E-state index in [4.69, 9.17) is 0 Å². The number of rotatable bonds is 2. The van der Waals surface area contributed by atoms with Crippen LogP contribution >= 0.6 is 0 Å². The van der Waals surface area contributed by atoms with Gasteiger partial charge in [0.1, 0.15) is 11.0 Å². The first-order valence-corrected chi connectivity index (χ1v) is 8.17. The van der Waals surface area contributed by atoms with Gasteiger partial charge in [-0.25, -0.2) is 8.51 Å². The number of pyridine rings is 1. The summed E-state index contributed by atoms with van der Waals surface area (Å²) in [7, 11) is -1.09. The largest absolute Gasteiger partial charge is 0.317 e. The molecule has 1 atom stereocenters. The van der Waals surface area contributed by atoms with E-state index in [-0.39, 0.29) is 0 Å². The van der Waals surface area contributed by atoms with Gasteiger partial charge >= 0.3 is 0 Å². The fraction of sp³-hybridized carbons (Fsp3) is 0.400. The van der Waals surface area contributed by atoms with Crippen molar-refractivity contribution in [2.75, 3.05) is 26.2 Å². The fourth-order valence-electron chi connectivity index (χ4n) is 2.55. The van der Waals surface area contributed by atoms with Crippen LogP contribution in [0.3, 0.4) is 0 Å². The average molecular weight is 289 g/mol. The van der Waals surface area contributed by atoms with Gasteiger partial charge < -0.3 is 5.32 Å². The van der Waals surface area contributed by atoms with Gasteiger partial charge in [-0.3, -0.25) is 4.98 Å². The third kappa shape index (κ3) is 2.90. The molecule has 1 saturated heterocycles. The van der Waals surface area contributed by atoms with Gasteiger partial charge in [-0.2, -0.15) is 0 Å². The van der Waals surface area contributed by atoms with Gasteiger partial charge in [0.25, 0.3) is 0 Å². The van der Waals surface area contributed by atoms with Gasteiger partial charge in [-0.1, -0.05) is 12.1 Å². The van der Waals surface area contributed by atoms with Crippen LogP contribution in [0.5, 0.6) is 0 Å². The lowest BCUT2D eigenvalue weighted by Gasteiger charge is -2.24. The number of fused-ring (bicyclic) bond motifs is 1. The second kappa shape index (κ2) is 6.43. The van der Waals surface area contributed by atoms with Crippen LogP contribution in [-0.2, 0) is 11.0 Å². The Kier molecular flexibility index (Phi) is 4.40. The second-order valence-electron chi connectivity index (χ2n) is 4.99. The summed E-state index contributed by atoms with van der Waals surface area (Å²) >= 11 is 0. The molecule has 0 saturated carbocycles. The number of nitrogens with one attached hydrogen (secondary N) is 1. The molecular formula is C15H19N3OS. The molecule has 2 heterocycles. The molecule has 2 aromatic rings. The lowest BCUT2D eigenvalue weighted by atomic mass is 10.2. The van der Waals surface area contributed by atoms with Crippen molar-refractivity contribution in [3.8, 4) is 0 Å². The Morgan fingerprint density at radius 1 is 1.15 bits per heavy atom. The standard InChI is InChI=1S/C15H19N3OS/c19-20(18-10-2-7-16-8-3-11-18)15-5-1-4-13-12-17-9-6-14(13)15/h1,4-6,9,12,16H,2-3,7-8,10-11H2. The van der Waals surface area contributed by atoms with Gasteiger partial charge in [0, 0.05) is 36.3 Å². The molecule has 106 valence electrons. The molecule has 0 radical (unpaired) electrons. The van der Waals surface area contributed by atoms with E-state index in [2.05, 4.69) is 14.6 Å². The van der Waals surface area contributed by atoms with Gasteiger partial charge in [0.05, 0.1) is 4.90 Å². The molecule has 1 aliphatic rings. The van der Waals surface area contributed by atoms with E-state index in [1.165, 1.54) is 0 Å². The van der Waals surface area contributed by atoms with E-state index in [0.717, 1.165) is 54.7 Å². The highest BCUT2D eigenvalue weighted by molar-refractivity contribution is 7.83. The molecule has 1 fully saturated rings. The average Bonchev–Trinajstić information content (AvgIpc) is 2.46. The van der Waals surface area contributed by atoms with E-state index >= 15 is 0 Å². The van der Waals surface area contributed by atoms with Crippen molar-refractivity contribution in [2.45, 2.75) is 17.7 Å². The summed E-state index contributed by atoms with van der Waals surface area (Å²) in [6.07, 6.45) is 5.67. The number of aromatic nitrogens is 1. The molecule has 1 aliphatic heterocycles. The van der Waals surface area contributed by atoms with E-state index in [1.54, 1.807) is 6.20 Å². The third-order valence-electron chi connectivity index (χ3n) is 3.59. The van der Waals surface area contributed by atoms with Crippen LogP contribution in [0, 0.1) is 0 Å². The predicted molar refractivity (Wildman–Crippen MR) is 81.8 cm³/mol. The topological polar surface area (TPSA) is 45.2 Å². The zero-order valence-electron chi connectivity index (χ0n) is 11.4. The highest BCUT2D eigenvalue weighted by Crippen LogP contribution is 2.22. The van der Waals surface area contributed by atoms with Crippen molar-refractivity contribution in [2.24, 2.45) is 0 Å². The van der Waals surface area contributed by atoms with Crippen LogP contribution in [0.25, 0.3) is 10.8 Å². The van der Waals surface area contributed by atoms with Crippen molar-refractivity contribution in [3.63, 3.8) is 0 Å². The summed E-state index contributed by atoms with van der Waals surface area (Å²) in [4.78, 5) is 5.03. The van der Waals surface area contributed by atoms with Gasteiger partial charge in [0.2, 0.25) is 0 Å². The van der Waals surface area contributed by atoms with Crippen LogP contribution in [0.1, 0.15) is 12.8 Å². The highest BCUT2D eigenvalue weighted by Gasteiger charge is 2.17. The number of hydrogen-bond donors (Lipinski definition) is 1. The predicted octanol–water partition coefficient (Wildman–Crippen LogP) is 1.94. The molecule has 0 spiro atoms. The van der Waals surface area contributed by atoms with E-state index < -0.39 is 11.0 Å². The van der Waals surface area contributed by atoms with E-state index in [9.17, 15) is 4.21 Å². The molecule has 1 aromatic heterocycles. The van der Waals surface area contributed by atoms with Gasteiger partial charge in [-0.15, -0.1) is 0 Å². The molecule has 0 amide bonds. The van der Waals surface area contributed by atoms with Crippen molar-refractivity contribution in [1.82, 2.24) is 14.6 Å². The van der Waals surface area contributed by atoms with Crippen molar-refractivity contribution in [3.05, 3.63) is 36.7 Å². The first-order valence-electron chi connectivity index (χ1n) is 7.06. The van der Waals surface area contributed by atoms with Crippen molar-refractivity contribution >= 4 is 21.8 Å². The van der Waals surface area contributed by atoms with E-state index in [0.29, 0.717) is 0 Å². The summed E-state index contributed by atoms with van der Waals surface area (Å²) in [6.45, 7) is 3.77. The zero-order chi connectivity index (χ0) is 13.8. The minimum Gasteiger partial charge on any atom is -0.317 e. The Balaban J connectivity index is 1.91. The second-order valence-corrected chi connectivity index (χ2v) is 6.44. The fourth-order valence-corrected chi connectivity index (χ4v) is 3.98. The van der Waals surface area contributed by atoms with Crippen LogP contribution in [0.4, 0.5) is 0 Å². The van der Waals surface area contributed by atoms with Crippen LogP contribution < -0.4 is 5.32 Å². The molecule has 5 heteroatoms. The Bertz CT molecular complexity index is 604. The minimum atomic E-state index is -1.09. The molecular weight excluding hydrogens is 270 g/mol. The smallest absolute Gasteiger partial charge is 0.128 e. The summed E-state index contributed by atoms with van der Waals surface area (Å²) in [5.41, 5.74) is 0. The summed E-state index contributed by atoms with van der Waals surface area (Å²) < 4.78 is 15.0. The number of hydrogen-bond acceptors (Lipinski definition) is 3. The van der Waals surface area contributed by atoms with Crippen molar-refractivity contribution in [1.29, 1.82) is 0 Å². The first-order chi connectivity index (χ1) is 9.86. The van der Waals surface area contributed by atoms with E-state index in [1.807, 2.05) is 30.5 Å². The minimum absolute atomic E-state index is 0.876. The Labute approximate surface area is 121 Å². The normalized spacial score (nSPS) is 19.4. The molecule has 20 heavy (non-hydrogen) atoms. The summed E-state index contributed by atoms with van der Waals surface area (Å²) in [5, 5.41) is 5.47. The lowest BCUT2D eigenvalue weighted by molar-refractivity contribution is 0.392. The molecule has 4 nitrogen and oxygen atoms in total. The Morgan fingerprint density at radius 2 is 1.95 bits per heavy atom. The molecule has 1 aromatic carbocycles. The quantitative estimate of drug-likeness (QED) is 0.919. The summed E-state index contributed by atoms with van der Waals surface area (Å²) in [6, 6.07) is 7.90. The maximum Gasteiger partial charge on any atom is 0.128 e. The molecule has 0 bridgehead atoms. The first kappa shape index (κ1) is 13.7. The Hall–Kier alpha value is -1.30. The molecule has 0 aliphatic carbocycles. The Morgan fingerprint density at radius 3 is 2.75 bits per heavy atom. The van der Waals surface area contributed by atoms with Crippen LogP contribution in [0.15, 0.2) is 41.6 Å². The van der Waals surface area contributed by atoms with Gasteiger partial charge in [0.15, 0.2) is 0 Å². The third-order valence-corrected chi connectivity index (χ3v) is 5.15. The lowest BCUT2D eigenvalue weighted by Crippen LogP contribution is -2.35. The zero-order valence-corrected chi connectivity index (χ0v) is 12.2. The molecule has 1 unspecified atom stereocenters. The highest BCUT2D eigenvalue weighted by atomic mass is 32.2. The van der Waals surface area contributed by atoms with Crippen LogP contribution in [0.2, 0.25) is 0 Å². The number of benzene rings is 1. The maximum absolute atomic E-state index is 12.9.